The minimum Gasteiger partial charge on any atom is -0.480 e. The van der Waals surface area contributed by atoms with Gasteiger partial charge in [0.15, 0.2) is 5.78 Å². The Morgan fingerprint density at radius 3 is 2.33 bits per heavy atom. The van der Waals surface area contributed by atoms with Crippen LogP contribution < -0.4 is 0 Å². The van der Waals surface area contributed by atoms with E-state index >= 15 is 0 Å². The molecule has 1 fully saturated rings. The van der Waals surface area contributed by atoms with E-state index in [0.717, 1.165) is 4.31 Å². The number of carbonyl (C=O) groups is 2. The Morgan fingerprint density at radius 2 is 1.81 bits per heavy atom. The molecule has 0 saturated carbocycles. The number of ketones is 1. The molecule has 0 radical (unpaired) electrons. The Hall–Kier alpha value is -1.73. The predicted molar refractivity (Wildman–Crippen MR) is 75.6 cm³/mol. The highest BCUT2D eigenvalue weighted by Gasteiger charge is 2.37. The maximum absolute atomic E-state index is 12.6. The van der Waals surface area contributed by atoms with Crippen LogP contribution in [0.15, 0.2) is 29.2 Å². The molecule has 0 bridgehead atoms. The summed E-state index contributed by atoms with van der Waals surface area (Å²) in [4.78, 5) is 22.5. The first-order chi connectivity index (χ1) is 9.84. The summed E-state index contributed by atoms with van der Waals surface area (Å²) in [6, 6.07) is 4.56. The van der Waals surface area contributed by atoms with Crippen LogP contribution in [0.25, 0.3) is 0 Å². The van der Waals surface area contributed by atoms with Crippen molar-refractivity contribution in [2.45, 2.75) is 37.1 Å². The van der Waals surface area contributed by atoms with Crippen LogP contribution in [-0.4, -0.2) is 42.2 Å². The molecule has 1 aromatic rings. The largest absolute Gasteiger partial charge is 0.480 e. The van der Waals surface area contributed by atoms with Crippen LogP contribution in [0.5, 0.6) is 0 Å². The molecule has 1 atom stereocenters. The van der Waals surface area contributed by atoms with Gasteiger partial charge in [-0.1, -0.05) is 12.1 Å². The van der Waals surface area contributed by atoms with E-state index in [1.54, 1.807) is 0 Å². The number of carboxylic acid groups (broad SMARTS) is 1. The minimum absolute atomic E-state index is 0.0145. The van der Waals surface area contributed by atoms with Crippen molar-refractivity contribution in [3.63, 3.8) is 0 Å². The van der Waals surface area contributed by atoms with E-state index in [0.29, 0.717) is 24.8 Å². The monoisotopic (exact) mass is 311 g/mol. The molecule has 0 amide bonds. The third-order valence-corrected chi connectivity index (χ3v) is 5.53. The molecular formula is C14H17NO5S. The molecule has 0 aromatic heterocycles. The number of benzene rings is 1. The number of Topliss-reactive ketones (excluding diaryl/α,β-unsaturated/α-hetero) is 1. The number of aliphatic carboxylic acids is 1. The zero-order valence-corrected chi connectivity index (χ0v) is 12.5. The average Bonchev–Trinajstić information content (AvgIpc) is 2.47. The quantitative estimate of drug-likeness (QED) is 0.851. The summed E-state index contributed by atoms with van der Waals surface area (Å²) in [7, 11) is -3.86. The summed E-state index contributed by atoms with van der Waals surface area (Å²) >= 11 is 0. The molecule has 1 heterocycles. The minimum atomic E-state index is -3.86. The molecule has 114 valence electrons. The fourth-order valence-electron chi connectivity index (χ4n) is 2.44. The van der Waals surface area contributed by atoms with Gasteiger partial charge in [0.2, 0.25) is 10.0 Å². The summed E-state index contributed by atoms with van der Waals surface area (Å²) in [6.07, 6.45) is 1.67. The van der Waals surface area contributed by atoms with Gasteiger partial charge in [-0.3, -0.25) is 9.59 Å². The van der Waals surface area contributed by atoms with Crippen LogP contribution in [0, 0.1) is 0 Å². The summed E-state index contributed by atoms with van der Waals surface area (Å²) in [5, 5.41) is 9.19. The second kappa shape index (κ2) is 5.95. The molecular weight excluding hydrogens is 294 g/mol. The number of rotatable bonds is 4. The molecule has 0 aliphatic carbocycles. The fraction of sp³-hybridized carbons (Fsp3) is 0.429. The molecule has 0 spiro atoms. The van der Waals surface area contributed by atoms with E-state index < -0.39 is 22.0 Å². The van der Waals surface area contributed by atoms with Crippen molar-refractivity contribution in [3.8, 4) is 0 Å². The Bertz CT molecular complexity index is 650. The van der Waals surface area contributed by atoms with Crippen LogP contribution in [0.3, 0.4) is 0 Å². The zero-order chi connectivity index (χ0) is 15.6. The van der Waals surface area contributed by atoms with E-state index in [1.165, 1.54) is 31.2 Å². The van der Waals surface area contributed by atoms with E-state index in [-0.39, 0.29) is 17.2 Å². The van der Waals surface area contributed by atoms with Crippen molar-refractivity contribution >= 4 is 21.8 Å². The second-order valence-corrected chi connectivity index (χ2v) is 6.94. The molecule has 1 saturated heterocycles. The maximum atomic E-state index is 12.6. The first-order valence-corrected chi connectivity index (χ1v) is 8.13. The lowest BCUT2D eigenvalue weighted by molar-refractivity contribution is -0.142. The molecule has 1 aromatic carbocycles. The summed E-state index contributed by atoms with van der Waals surface area (Å²) < 4.78 is 26.2. The van der Waals surface area contributed by atoms with E-state index in [4.69, 9.17) is 0 Å². The Balaban J connectivity index is 2.35. The van der Waals surface area contributed by atoms with Gasteiger partial charge < -0.3 is 5.11 Å². The lowest BCUT2D eigenvalue weighted by Crippen LogP contribution is -2.47. The summed E-state index contributed by atoms with van der Waals surface area (Å²) in [6.45, 7) is 1.60. The molecule has 1 aliphatic heterocycles. The highest BCUT2D eigenvalue weighted by molar-refractivity contribution is 7.89. The first-order valence-electron chi connectivity index (χ1n) is 6.69. The topological polar surface area (TPSA) is 91.8 Å². The lowest BCUT2D eigenvalue weighted by Gasteiger charge is -2.31. The Kier molecular flexibility index (Phi) is 4.43. The number of nitrogens with zero attached hydrogens (tertiary/aromatic N) is 1. The van der Waals surface area contributed by atoms with E-state index in [2.05, 4.69) is 0 Å². The lowest BCUT2D eigenvalue weighted by atomic mass is 10.1. The molecule has 6 nitrogen and oxygen atoms in total. The third-order valence-electron chi connectivity index (χ3n) is 3.61. The number of carboxylic acids is 1. The summed E-state index contributed by atoms with van der Waals surface area (Å²) in [5.74, 6) is -1.28. The van der Waals surface area contributed by atoms with Gasteiger partial charge in [0.1, 0.15) is 6.04 Å². The van der Waals surface area contributed by atoms with Crippen LogP contribution in [0.1, 0.15) is 36.5 Å². The third kappa shape index (κ3) is 3.14. The van der Waals surface area contributed by atoms with Crippen molar-refractivity contribution in [1.82, 2.24) is 4.31 Å². The van der Waals surface area contributed by atoms with Crippen LogP contribution in [0.2, 0.25) is 0 Å². The SMILES string of the molecule is CC(=O)c1ccc(S(=O)(=O)N2CCCC[C@H]2C(=O)O)cc1. The predicted octanol–water partition coefficient (Wildman–Crippen LogP) is 1.52. The first kappa shape index (κ1) is 15.7. The van der Waals surface area contributed by atoms with Gasteiger partial charge in [0.05, 0.1) is 4.90 Å². The molecule has 7 heteroatoms. The van der Waals surface area contributed by atoms with Gasteiger partial charge >= 0.3 is 5.97 Å². The van der Waals surface area contributed by atoms with Gasteiger partial charge in [-0.25, -0.2) is 8.42 Å². The van der Waals surface area contributed by atoms with Crippen LogP contribution in [0.4, 0.5) is 0 Å². The van der Waals surface area contributed by atoms with Crippen molar-refractivity contribution in [1.29, 1.82) is 0 Å². The van der Waals surface area contributed by atoms with Gasteiger partial charge in [0.25, 0.3) is 0 Å². The molecule has 1 N–H and O–H groups in total. The smallest absolute Gasteiger partial charge is 0.322 e. The van der Waals surface area contributed by atoms with E-state index in [1.807, 2.05) is 0 Å². The average molecular weight is 311 g/mol. The number of piperidine rings is 1. The number of sulfonamides is 1. The van der Waals surface area contributed by atoms with Gasteiger partial charge in [-0.2, -0.15) is 4.31 Å². The fourth-order valence-corrected chi connectivity index (χ4v) is 4.09. The molecule has 0 unspecified atom stereocenters. The normalized spacial score (nSPS) is 20.1. The standard InChI is InChI=1S/C14H17NO5S/c1-10(16)11-5-7-12(8-6-11)21(19,20)15-9-3-2-4-13(15)14(17)18/h5-8,13H,2-4,9H2,1H3,(H,17,18)/t13-/m0/s1. The van der Waals surface area contributed by atoms with Crippen molar-refractivity contribution in [2.24, 2.45) is 0 Å². The van der Waals surface area contributed by atoms with Gasteiger partial charge in [0, 0.05) is 12.1 Å². The van der Waals surface area contributed by atoms with Gasteiger partial charge in [-0.15, -0.1) is 0 Å². The second-order valence-electron chi connectivity index (χ2n) is 5.05. The number of hydrogen-bond acceptors (Lipinski definition) is 4. The van der Waals surface area contributed by atoms with Crippen molar-refractivity contribution < 1.29 is 23.1 Å². The van der Waals surface area contributed by atoms with Gasteiger partial charge in [-0.05, 0) is 38.3 Å². The molecule has 21 heavy (non-hydrogen) atoms. The molecule has 1 aliphatic rings. The van der Waals surface area contributed by atoms with Crippen molar-refractivity contribution in [2.75, 3.05) is 6.54 Å². The van der Waals surface area contributed by atoms with Crippen LogP contribution >= 0.6 is 0 Å². The molecule has 2 rings (SSSR count). The highest BCUT2D eigenvalue weighted by atomic mass is 32.2. The zero-order valence-electron chi connectivity index (χ0n) is 11.7. The Labute approximate surface area is 123 Å². The van der Waals surface area contributed by atoms with E-state index in [9.17, 15) is 23.1 Å². The van der Waals surface area contributed by atoms with Crippen LogP contribution in [-0.2, 0) is 14.8 Å². The van der Waals surface area contributed by atoms with Crippen molar-refractivity contribution in [3.05, 3.63) is 29.8 Å². The number of hydrogen-bond donors (Lipinski definition) is 1. The summed E-state index contributed by atoms with van der Waals surface area (Å²) in [5.41, 5.74) is 0.419. The highest BCUT2D eigenvalue weighted by Crippen LogP contribution is 2.25. The maximum Gasteiger partial charge on any atom is 0.322 e. The number of carbonyl (C=O) groups excluding carboxylic acids is 1. The Morgan fingerprint density at radius 1 is 1.19 bits per heavy atom.